The average Bonchev–Trinajstić information content (AvgIpc) is 2.56. The van der Waals surface area contributed by atoms with Gasteiger partial charge in [0.1, 0.15) is 0 Å². The molecule has 0 bridgehead atoms. The molecular weight excluding hydrogens is 224 g/mol. The lowest BCUT2D eigenvalue weighted by Gasteiger charge is -2.35. The first-order valence-electron chi connectivity index (χ1n) is 7.93. The van der Waals surface area contributed by atoms with Crippen LogP contribution in [0.3, 0.4) is 0 Å². The number of β-amino-alcohol motifs (C(OH)–C–C–N with tert-alkyl or cyclic N) is 1. The quantitative estimate of drug-likeness (QED) is 0.753. The Morgan fingerprint density at radius 2 is 1.94 bits per heavy atom. The van der Waals surface area contributed by atoms with Gasteiger partial charge in [-0.05, 0) is 44.7 Å². The molecule has 1 aliphatic carbocycles. The minimum absolute atomic E-state index is 0.0814. The Bertz CT molecular complexity index is 235. The van der Waals surface area contributed by atoms with Crippen LogP contribution in [0.25, 0.3) is 0 Å². The molecule has 3 heteroatoms. The van der Waals surface area contributed by atoms with Crippen LogP contribution in [0.2, 0.25) is 0 Å². The van der Waals surface area contributed by atoms with Crippen LogP contribution in [-0.2, 0) is 0 Å². The molecule has 2 rings (SSSR count). The van der Waals surface area contributed by atoms with Crippen molar-refractivity contribution in [2.75, 3.05) is 26.2 Å². The number of likely N-dealkylation sites (tertiary alicyclic amines) is 1. The first-order valence-corrected chi connectivity index (χ1v) is 7.93. The number of aliphatic hydroxyl groups excluding tert-OH is 1. The Morgan fingerprint density at radius 1 is 1.11 bits per heavy atom. The number of nitrogens with zero attached hydrogens (tertiary/aromatic N) is 1. The predicted molar refractivity (Wildman–Crippen MR) is 75.7 cm³/mol. The van der Waals surface area contributed by atoms with E-state index in [1.807, 2.05) is 0 Å². The third-order valence-electron chi connectivity index (χ3n) is 4.60. The predicted octanol–water partition coefficient (Wildman–Crippen LogP) is 2.00. The van der Waals surface area contributed by atoms with Crippen LogP contribution < -0.4 is 5.32 Å². The highest BCUT2D eigenvalue weighted by molar-refractivity contribution is 4.83. The Morgan fingerprint density at radius 3 is 2.72 bits per heavy atom. The number of rotatable bonds is 4. The van der Waals surface area contributed by atoms with Crippen molar-refractivity contribution in [3.05, 3.63) is 0 Å². The average molecular weight is 254 g/mol. The minimum Gasteiger partial charge on any atom is -0.392 e. The summed E-state index contributed by atoms with van der Waals surface area (Å²) >= 11 is 0. The number of hydrogen-bond donors (Lipinski definition) is 2. The van der Waals surface area contributed by atoms with Gasteiger partial charge in [-0.15, -0.1) is 0 Å². The normalized spacial score (nSPS) is 35.3. The molecule has 1 heterocycles. The second-order valence-electron chi connectivity index (χ2n) is 6.12. The number of nitrogens with one attached hydrogen (secondary N) is 1. The van der Waals surface area contributed by atoms with Crippen molar-refractivity contribution in [3.8, 4) is 0 Å². The molecule has 0 spiro atoms. The molecule has 2 aliphatic rings. The van der Waals surface area contributed by atoms with Crippen LogP contribution in [0, 0.1) is 5.92 Å². The Hall–Kier alpha value is -0.120. The smallest absolute Gasteiger partial charge is 0.0667 e. The van der Waals surface area contributed by atoms with Crippen LogP contribution >= 0.6 is 0 Å². The number of aliphatic hydroxyl groups is 1. The lowest BCUT2D eigenvalue weighted by molar-refractivity contribution is 0.0571. The van der Waals surface area contributed by atoms with Crippen LogP contribution in [0.15, 0.2) is 0 Å². The SMILES string of the molecule is CCNC1CCCCCC1CN1CCCC(O)C1. The van der Waals surface area contributed by atoms with Gasteiger partial charge in [-0.2, -0.15) is 0 Å². The number of hydrogen-bond acceptors (Lipinski definition) is 3. The zero-order valence-electron chi connectivity index (χ0n) is 11.9. The Kier molecular flexibility index (Phi) is 5.93. The van der Waals surface area contributed by atoms with Gasteiger partial charge in [0.2, 0.25) is 0 Å². The van der Waals surface area contributed by atoms with Gasteiger partial charge in [0.25, 0.3) is 0 Å². The molecule has 18 heavy (non-hydrogen) atoms. The lowest BCUT2D eigenvalue weighted by Crippen LogP contribution is -2.46. The van der Waals surface area contributed by atoms with Gasteiger partial charge < -0.3 is 15.3 Å². The summed E-state index contributed by atoms with van der Waals surface area (Å²) in [4.78, 5) is 2.49. The fraction of sp³-hybridized carbons (Fsp3) is 1.00. The van der Waals surface area contributed by atoms with E-state index in [2.05, 4.69) is 17.1 Å². The van der Waals surface area contributed by atoms with Crippen molar-refractivity contribution in [2.24, 2.45) is 5.92 Å². The van der Waals surface area contributed by atoms with E-state index in [4.69, 9.17) is 0 Å². The molecule has 0 amide bonds. The highest BCUT2D eigenvalue weighted by Crippen LogP contribution is 2.25. The molecule has 1 saturated heterocycles. The largest absolute Gasteiger partial charge is 0.392 e. The van der Waals surface area contributed by atoms with E-state index < -0.39 is 0 Å². The summed E-state index contributed by atoms with van der Waals surface area (Å²) in [6.07, 6.45) is 8.97. The molecule has 3 nitrogen and oxygen atoms in total. The first kappa shape index (κ1) is 14.3. The molecule has 106 valence electrons. The summed E-state index contributed by atoms with van der Waals surface area (Å²) in [6.45, 7) is 6.58. The summed E-state index contributed by atoms with van der Waals surface area (Å²) < 4.78 is 0. The molecule has 3 unspecified atom stereocenters. The molecular formula is C15H30N2O. The summed E-state index contributed by atoms with van der Waals surface area (Å²) in [5.41, 5.74) is 0. The van der Waals surface area contributed by atoms with Crippen LogP contribution in [-0.4, -0.2) is 48.3 Å². The van der Waals surface area contributed by atoms with E-state index in [1.165, 1.54) is 51.6 Å². The molecule has 2 N–H and O–H groups in total. The second kappa shape index (κ2) is 7.46. The summed E-state index contributed by atoms with van der Waals surface area (Å²) in [5, 5.41) is 13.5. The third kappa shape index (κ3) is 4.22. The zero-order valence-corrected chi connectivity index (χ0v) is 11.9. The van der Waals surface area contributed by atoms with E-state index >= 15 is 0 Å². The molecule has 0 radical (unpaired) electrons. The molecule has 0 aromatic carbocycles. The van der Waals surface area contributed by atoms with E-state index in [-0.39, 0.29) is 6.10 Å². The highest BCUT2D eigenvalue weighted by atomic mass is 16.3. The maximum Gasteiger partial charge on any atom is 0.0667 e. The van der Waals surface area contributed by atoms with Crippen molar-refractivity contribution in [1.82, 2.24) is 10.2 Å². The third-order valence-corrected chi connectivity index (χ3v) is 4.60. The minimum atomic E-state index is -0.0814. The van der Waals surface area contributed by atoms with E-state index in [0.717, 1.165) is 25.4 Å². The van der Waals surface area contributed by atoms with E-state index in [1.54, 1.807) is 0 Å². The van der Waals surface area contributed by atoms with Gasteiger partial charge in [-0.3, -0.25) is 0 Å². The second-order valence-corrected chi connectivity index (χ2v) is 6.12. The molecule has 1 saturated carbocycles. The Balaban J connectivity index is 1.86. The van der Waals surface area contributed by atoms with Gasteiger partial charge in [0, 0.05) is 19.1 Å². The van der Waals surface area contributed by atoms with Gasteiger partial charge in [-0.1, -0.05) is 26.2 Å². The first-order chi connectivity index (χ1) is 8.79. The number of piperidine rings is 1. The van der Waals surface area contributed by atoms with E-state index in [0.29, 0.717) is 6.04 Å². The summed E-state index contributed by atoms with van der Waals surface area (Å²) in [5.74, 6) is 0.790. The van der Waals surface area contributed by atoms with Crippen molar-refractivity contribution < 1.29 is 5.11 Å². The molecule has 0 aromatic rings. The molecule has 0 aromatic heterocycles. The van der Waals surface area contributed by atoms with Crippen molar-refractivity contribution in [2.45, 2.75) is 64.0 Å². The topological polar surface area (TPSA) is 35.5 Å². The standard InChI is InChI=1S/C15H30N2O/c1-2-16-15-9-5-3-4-7-13(15)11-17-10-6-8-14(18)12-17/h13-16,18H,2-12H2,1H3. The fourth-order valence-corrected chi connectivity index (χ4v) is 3.66. The lowest BCUT2D eigenvalue weighted by atomic mass is 9.93. The zero-order chi connectivity index (χ0) is 12.8. The van der Waals surface area contributed by atoms with E-state index in [9.17, 15) is 5.11 Å². The Labute approximate surface area is 112 Å². The van der Waals surface area contributed by atoms with Crippen molar-refractivity contribution in [1.29, 1.82) is 0 Å². The fourth-order valence-electron chi connectivity index (χ4n) is 3.66. The molecule has 1 aliphatic heterocycles. The van der Waals surface area contributed by atoms with Crippen molar-refractivity contribution in [3.63, 3.8) is 0 Å². The maximum absolute atomic E-state index is 9.78. The van der Waals surface area contributed by atoms with Gasteiger partial charge in [0.15, 0.2) is 0 Å². The summed E-state index contributed by atoms with van der Waals surface area (Å²) in [6, 6.07) is 0.705. The van der Waals surface area contributed by atoms with Crippen LogP contribution in [0.1, 0.15) is 51.9 Å². The van der Waals surface area contributed by atoms with Crippen LogP contribution in [0.5, 0.6) is 0 Å². The maximum atomic E-state index is 9.78. The van der Waals surface area contributed by atoms with Gasteiger partial charge >= 0.3 is 0 Å². The molecule has 3 atom stereocenters. The van der Waals surface area contributed by atoms with Gasteiger partial charge in [-0.25, -0.2) is 0 Å². The van der Waals surface area contributed by atoms with Gasteiger partial charge in [0.05, 0.1) is 6.10 Å². The van der Waals surface area contributed by atoms with Crippen LogP contribution in [0.4, 0.5) is 0 Å². The van der Waals surface area contributed by atoms with Crippen molar-refractivity contribution >= 4 is 0 Å². The summed E-state index contributed by atoms with van der Waals surface area (Å²) in [7, 11) is 0. The highest BCUT2D eigenvalue weighted by Gasteiger charge is 2.27. The molecule has 2 fully saturated rings. The monoisotopic (exact) mass is 254 g/mol.